The van der Waals surface area contributed by atoms with Crippen molar-refractivity contribution in [3.8, 4) is 5.75 Å². The van der Waals surface area contributed by atoms with Gasteiger partial charge in [0.2, 0.25) is 0 Å². The molecule has 33 heavy (non-hydrogen) atoms. The Kier molecular flexibility index (Phi) is 9.81. The van der Waals surface area contributed by atoms with Crippen LogP contribution in [-0.4, -0.2) is 51.4 Å². The van der Waals surface area contributed by atoms with Crippen molar-refractivity contribution in [1.82, 2.24) is 5.32 Å². The quantitative estimate of drug-likeness (QED) is 0.410. The molecule has 2 aromatic carbocycles. The minimum Gasteiger partial charge on any atom is -0.494 e. The lowest BCUT2D eigenvalue weighted by molar-refractivity contribution is -0.114. The third kappa shape index (κ3) is 6.76. The number of nitrogens with one attached hydrogen (secondary N) is 1. The summed E-state index contributed by atoms with van der Waals surface area (Å²) in [6.45, 7) is 3.98. The molecule has 0 saturated carbocycles. The number of likely N-dealkylation sites (N-methyl/N-ethyl adjacent to an activating group) is 1. The Hall–Kier alpha value is -3.95. The predicted molar refractivity (Wildman–Crippen MR) is 123 cm³/mol. The van der Waals surface area contributed by atoms with Crippen molar-refractivity contribution in [3.05, 3.63) is 65.0 Å². The average molecular weight is 458 g/mol. The van der Waals surface area contributed by atoms with E-state index in [9.17, 15) is 9.18 Å². The highest BCUT2D eigenvalue weighted by Gasteiger charge is 2.21. The highest BCUT2D eigenvalue weighted by molar-refractivity contribution is 6.45. The van der Waals surface area contributed by atoms with Gasteiger partial charge in [-0.2, -0.15) is 0 Å². The topological polar surface area (TPSA) is 103 Å². The van der Waals surface area contributed by atoms with Gasteiger partial charge in [0.15, 0.2) is 5.71 Å². The van der Waals surface area contributed by atoms with Gasteiger partial charge in [0.25, 0.3) is 5.91 Å². The molecule has 0 heterocycles. The Balaban J connectivity index is 2.27. The first-order valence-electron chi connectivity index (χ1n) is 10.1. The van der Waals surface area contributed by atoms with E-state index in [0.29, 0.717) is 23.5 Å². The Labute approximate surface area is 191 Å². The van der Waals surface area contributed by atoms with Crippen LogP contribution >= 0.6 is 0 Å². The van der Waals surface area contributed by atoms with Gasteiger partial charge in [-0.25, -0.2) is 4.39 Å². The molecule has 10 heteroatoms. The fraction of sp³-hybridized carbons (Fsp3) is 0.304. The zero-order valence-corrected chi connectivity index (χ0v) is 19.2. The van der Waals surface area contributed by atoms with E-state index in [1.165, 1.54) is 39.6 Å². The average Bonchev–Trinajstić information content (AvgIpc) is 2.82. The van der Waals surface area contributed by atoms with Gasteiger partial charge in [-0.15, -0.1) is 0 Å². The van der Waals surface area contributed by atoms with Gasteiger partial charge in [0.05, 0.1) is 12.8 Å². The van der Waals surface area contributed by atoms with Crippen LogP contribution in [0.15, 0.2) is 57.9 Å². The summed E-state index contributed by atoms with van der Waals surface area (Å²) < 4.78 is 19.8. The molecular weight excluding hydrogens is 431 g/mol. The molecule has 9 nitrogen and oxygen atoms in total. The number of halogens is 1. The molecule has 1 atom stereocenters. The molecule has 0 aliphatic carbocycles. The summed E-state index contributed by atoms with van der Waals surface area (Å²) in [6, 6.07) is 11.5. The van der Waals surface area contributed by atoms with Crippen molar-refractivity contribution in [2.45, 2.75) is 20.0 Å². The number of hydrogen-bond acceptors (Lipinski definition) is 8. The van der Waals surface area contributed by atoms with Crippen molar-refractivity contribution in [3.63, 3.8) is 0 Å². The second-order valence-corrected chi connectivity index (χ2v) is 6.50. The van der Waals surface area contributed by atoms with E-state index in [0.717, 1.165) is 0 Å². The Morgan fingerprint density at radius 1 is 1.12 bits per heavy atom. The standard InChI is InChI=1S/C23H27FN4O5/c1-6-32-16-11-12-19(20(24)13-16)21(27-30-4)14-26-33-15(2)17-9-7-8-10-18(17)22(28-31-5)23(29)25-3/h7-15H,6H2,1-5H3,(H,25,29). The van der Waals surface area contributed by atoms with Gasteiger partial charge in [-0.05, 0) is 26.0 Å². The lowest BCUT2D eigenvalue weighted by Gasteiger charge is -2.15. The minimum atomic E-state index is -0.585. The number of rotatable bonds is 11. The van der Waals surface area contributed by atoms with Gasteiger partial charge in [0, 0.05) is 29.8 Å². The zero-order valence-electron chi connectivity index (χ0n) is 19.2. The van der Waals surface area contributed by atoms with Crippen LogP contribution in [0.4, 0.5) is 4.39 Å². The Morgan fingerprint density at radius 2 is 1.85 bits per heavy atom. The molecule has 0 aromatic heterocycles. The van der Waals surface area contributed by atoms with Gasteiger partial charge < -0.3 is 24.6 Å². The Morgan fingerprint density at radius 3 is 2.48 bits per heavy atom. The molecule has 0 aliphatic heterocycles. The molecule has 0 aliphatic rings. The van der Waals surface area contributed by atoms with Gasteiger partial charge in [0.1, 0.15) is 37.6 Å². The SMILES string of the molecule is CCOc1ccc(C(C=NOC(C)c2ccccc2C(=NOC)C(=O)NC)=NOC)c(F)c1. The van der Waals surface area contributed by atoms with E-state index in [1.807, 2.05) is 6.92 Å². The summed E-state index contributed by atoms with van der Waals surface area (Å²) >= 11 is 0. The number of carbonyl (C=O) groups is 1. The van der Waals surface area contributed by atoms with Gasteiger partial charge >= 0.3 is 0 Å². The van der Waals surface area contributed by atoms with Crippen LogP contribution in [0.1, 0.15) is 36.6 Å². The van der Waals surface area contributed by atoms with Gasteiger partial charge in [-0.1, -0.05) is 39.7 Å². The monoisotopic (exact) mass is 458 g/mol. The number of benzene rings is 2. The smallest absolute Gasteiger partial charge is 0.273 e. The summed E-state index contributed by atoms with van der Waals surface area (Å²) in [5.74, 6) is -0.563. The molecular formula is C23H27FN4O5. The summed E-state index contributed by atoms with van der Waals surface area (Å²) in [5, 5.41) is 14.1. The van der Waals surface area contributed by atoms with Crippen LogP contribution < -0.4 is 10.1 Å². The second-order valence-electron chi connectivity index (χ2n) is 6.50. The maximum absolute atomic E-state index is 14.5. The van der Waals surface area contributed by atoms with E-state index >= 15 is 0 Å². The number of nitrogens with zero attached hydrogens (tertiary/aromatic N) is 3. The second kappa shape index (κ2) is 12.8. The maximum Gasteiger partial charge on any atom is 0.273 e. The van der Waals surface area contributed by atoms with E-state index in [4.69, 9.17) is 19.2 Å². The number of oxime groups is 3. The fourth-order valence-electron chi connectivity index (χ4n) is 2.92. The molecule has 1 N–H and O–H groups in total. The van der Waals surface area contributed by atoms with Crippen LogP contribution in [0.5, 0.6) is 5.75 Å². The largest absolute Gasteiger partial charge is 0.494 e. The molecule has 2 aromatic rings. The minimum absolute atomic E-state index is 0.0909. The molecule has 176 valence electrons. The lowest BCUT2D eigenvalue weighted by atomic mass is 9.99. The van der Waals surface area contributed by atoms with Crippen LogP contribution in [0.3, 0.4) is 0 Å². The molecule has 0 bridgehead atoms. The highest BCUT2D eigenvalue weighted by Crippen LogP contribution is 2.23. The predicted octanol–water partition coefficient (Wildman–Crippen LogP) is 3.44. The number of carbonyl (C=O) groups excluding carboxylic acids is 1. The van der Waals surface area contributed by atoms with E-state index in [2.05, 4.69) is 20.8 Å². The summed E-state index contributed by atoms with van der Waals surface area (Å²) in [6.07, 6.45) is 0.655. The lowest BCUT2D eigenvalue weighted by Crippen LogP contribution is -2.29. The maximum atomic E-state index is 14.5. The van der Waals surface area contributed by atoms with Crippen molar-refractivity contribution in [1.29, 1.82) is 0 Å². The van der Waals surface area contributed by atoms with Gasteiger partial charge in [-0.3, -0.25) is 4.79 Å². The van der Waals surface area contributed by atoms with Crippen LogP contribution in [0.25, 0.3) is 0 Å². The van der Waals surface area contributed by atoms with Crippen LogP contribution in [0, 0.1) is 5.82 Å². The normalized spacial score (nSPS) is 12.9. The number of ether oxygens (including phenoxy) is 1. The first kappa shape index (κ1) is 25.3. The Bertz CT molecular complexity index is 1040. The highest BCUT2D eigenvalue weighted by atomic mass is 19.1. The van der Waals surface area contributed by atoms with E-state index in [-0.39, 0.29) is 17.0 Å². The molecule has 0 fully saturated rings. The first-order chi connectivity index (χ1) is 16.0. The van der Waals surface area contributed by atoms with Crippen molar-refractivity contribution in [2.24, 2.45) is 15.5 Å². The molecule has 1 unspecified atom stereocenters. The third-order valence-corrected chi connectivity index (χ3v) is 4.39. The first-order valence-corrected chi connectivity index (χ1v) is 10.1. The summed E-state index contributed by atoms with van der Waals surface area (Å²) in [5.41, 5.74) is 1.53. The van der Waals surface area contributed by atoms with Crippen molar-refractivity contribution < 1.29 is 28.4 Å². The zero-order chi connectivity index (χ0) is 24.2. The molecule has 0 radical (unpaired) electrons. The molecule has 0 spiro atoms. The van der Waals surface area contributed by atoms with Crippen LogP contribution in [0.2, 0.25) is 0 Å². The number of hydrogen-bond donors (Lipinski definition) is 1. The van der Waals surface area contributed by atoms with Crippen LogP contribution in [-0.2, 0) is 19.3 Å². The fourth-order valence-corrected chi connectivity index (χ4v) is 2.92. The van der Waals surface area contributed by atoms with Crippen molar-refractivity contribution >= 4 is 23.5 Å². The summed E-state index contributed by atoms with van der Waals surface area (Å²) in [7, 11) is 4.19. The molecule has 2 rings (SSSR count). The third-order valence-electron chi connectivity index (χ3n) is 4.39. The summed E-state index contributed by atoms with van der Waals surface area (Å²) in [4.78, 5) is 27.4. The molecule has 0 saturated heterocycles. The van der Waals surface area contributed by atoms with E-state index < -0.39 is 17.8 Å². The molecule has 1 amide bonds. The van der Waals surface area contributed by atoms with E-state index in [1.54, 1.807) is 37.3 Å². The van der Waals surface area contributed by atoms with Crippen molar-refractivity contribution in [2.75, 3.05) is 27.9 Å². The number of amides is 1.